The highest BCUT2D eigenvalue weighted by Crippen LogP contribution is 2.27. The lowest BCUT2D eigenvalue weighted by molar-refractivity contribution is 0.295. The minimum absolute atomic E-state index is 0.137. The molecule has 1 aliphatic heterocycles. The summed E-state index contributed by atoms with van der Waals surface area (Å²) < 4.78 is 13.7. The van der Waals surface area contributed by atoms with E-state index in [0.717, 1.165) is 24.3 Å². The molecule has 1 saturated heterocycles. The second-order valence-corrected chi connectivity index (χ2v) is 6.71. The van der Waals surface area contributed by atoms with Crippen LogP contribution in [0.5, 0.6) is 0 Å². The molecule has 0 bridgehead atoms. The van der Waals surface area contributed by atoms with Gasteiger partial charge in [0.1, 0.15) is 5.82 Å². The second kappa shape index (κ2) is 6.13. The van der Waals surface area contributed by atoms with E-state index in [0.29, 0.717) is 23.9 Å². The zero-order chi connectivity index (χ0) is 14.9. The zero-order valence-electron chi connectivity index (χ0n) is 13.3. The molecule has 0 amide bonds. The highest BCUT2D eigenvalue weighted by molar-refractivity contribution is 5.51. The number of aryl methyl sites for hydroxylation is 1. The van der Waals surface area contributed by atoms with Gasteiger partial charge in [0, 0.05) is 30.9 Å². The van der Waals surface area contributed by atoms with Crippen LogP contribution in [0.15, 0.2) is 18.2 Å². The number of halogens is 1. The Kier molecular flexibility index (Phi) is 4.69. The number of hydrogen-bond acceptors (Lipinski definition) is 2. The Hall–Kier alpha value is -1.09. The fourth-order valence-electron chi connectivity index (χ4n) is 3.02. The van der Waals surface area contributed by atoms with E-state index in [2.05, 4.69) is 44.0 Å². The van der Waals surface area contributed by atoms with E-state index in [1.165, 1.54) is 0 Å². The van der Waals surface area contributed by atoms with Crippen molar-refractivity contribution >= 4 is 5.69 Å². The van der Waals surface area contributed by atoms with Crippen molar-refractivity contribution in [3.05, 3.63) is 29.6 Å². The van der Waals surface area contributed by atoms with Gasteiger partial charge in [-0.05, 0) is 42.5 Å². The van der Waals surface area contributed by atoms with Gasteiger partial charge in [0.25, 0.3) is 0 Å². The highest BCUT2D eigenvalue weighted by Gasteiger charge is 2.31. The lowest BCUT2D eigenvalue weighted by atomic mass is 9.93. The van der Waals surface area contributed by atoms with Gasteiger partial charge in [-0.2, -0.15) is 0 Å². The van der Waals surface area contributed by atoms with Crippen LogP contribution in [0.4, 0.5) is 10.1 Å². The smallest absolute Gasteiger partial charge is 0.125 e. The summed E-state index contributed by atoms with van der Waals surface area (Å²) in [5, 5.41) is 3.64. The van der Waals surface area contributed by atoms with Crippen molar-refractivity contribution < 1.29 is 4.39 Å². The molecule has 112 valence electrons. The molecule has 3 heteroatoms. The Balaban J connectivity index is 2.31. The molecular weight excluding hydrogens is 251 g/mol. The summed E-state index contributed by atoms with van der Waals surface area (Å²) in [4.78, 5) is 2.39. The first-order chi connectivity index (χ1) is 9.38. The van der Waals surface area contributed by atoms with E-state index in [1.807, 2.05) is 6.92 Å². The zero-order valence-corrected chi connectivity index (χ0v) is 13.3. The van der Waals surface area contributed by atoms with Crippen LogP contribution >= 0.6 is 0 Å². The van der Waals surface area contributed by atoms with Crippen molar-refractivity contribution in [2.75, 3.05) is 18.0 Å². The van der Waals surface area contributed by atoms with Crippen LogP contribution in [0.25, 0.3) is 0 Å². The van der Waals surface area contributed by atoms with Crippen LogP contribution < -0.4 is 10.2 Å². The maximum atomic E-state index is 13.7. The standard InChI is InChI=1S/C17H27FN2/c1-11(2)16-10-20(17(9-19-16)12(3)4)15-7-13(5)6-14(18)8-15/h6-8,11-12,16-17,19H,9-10H2,1-5H3. The minimum Gasteiger partial charge on any atom is -0.365 e. The van der Waals surface area contributed by atoms with Crippen molar-refractivity contribution in [1.29, 1.82) is 0 Å². The molecule has 0 radical (unpaired) electrons. The first kappa shape index (κ1) is 15.3. The fraction of sp³-hybridized carbons (Fsp3) is 0.647. The third-order valence-electron chi connectivity index (χ3n) is 4.32. The summed E-state index contributed by atoms with van der Waals surface area (Å²) in [5.41, 5.74) is 2.01. The average molecular weight is 278 g/mol. The molecule has 0 spiro atoms. The van der Waals surface area contributed by atoms with Gasteiger partial charge >= 0.3 is 0 Å². The molecular formula is C17H27FN2. The predicted molar refractivity (Wildman–Crippen MR) is 83.7 cm³/mol. The molecule has 0 aliphatic carbocycles. The number of rotatable bonds is 3. The van der Waals surface area contributed by atoms with Crippen molar-refractivity contribution in [1.82, 2.24) is 5.32 Å². The number of nitrogens with one attached hydrogen (secondary N) is 1. The van der Waals surface area contributed by atoms with Crippen LogP contribution in [0, 0.1) is 24.6 Å². The van der Waals surface area contributed by atoms with E-state index in [1.54, 1.807) is 12.1 Å². The van der Waals surface area contributed by atoms with Gasteiger partial charge < -0.3 is 10.2 Å². The number of anilines is 1. The molecule has 0 saturated carbocycles. The summed E-state index contributed by atoms with van der Waals surface area (Å²) in [6, 6.07) is 6.25. The molecule has 1 fully saturated rings. The molecule has 2 unspecified atom stereocenters. The van der Waals surface area contributed by atoms with Crippen molar-refractivity contribution in [2.24, 2.45) is 11.8 Å². The number of hydrogen-bond donors (Lipinski definition) is 1. The van der Waals surface area contributed by atoms with Gasteiger partial charge in [0.2, 0.25) is 0 Å². The van der Waals surface area contributed by atoms with E-state index >= 15 is 0 Å². The molecule has 1 heterocycles. The number of piperazine rings is 1. The van der Waals surface area contributed by atoms with Crippen molar-refractivity contribution in [3.63, 3.8) is 0 Å². The lowest BCUT2D eigenvalue weighted by Crippen LogP contribution is -2.60. The second-order valence-electron chi connectivity index (χ2n) is 6.71. The monoisotopic (exact) mass is 278 g/mol. The Morgan fingerprint density at radius 1 is 1.15 bits per heavy atom. The maximum absolute atomic E-state index is 13.7. The van der Waals surface area contributed by atoms with Crippen LogP contribution in [-0.4, -0.2) is 25.2 Å². The normalized spacial score (nSPS) is 23.7. The van der Waals surface area contributed by atoms with E-state index in [4.69, 9.17) is 0 Å². The van der Waals surface area contributed by atoms with Crippen molar-refractivity contribution in [2.45, 2.75) is 46.7 Å². The average Bonchev–Trinajstić information content (AvgIpc) is 2.36. The first-order valence-corrected chi connectivity index (χ1v) is 7.65. The molecule has 2 nitrogen and oxygen atoms in total. The summed E-state index contributed by atoms with van der Waals surface area (Å²) >= 11 is 0. The summed E-state index contributed by atoms with van der Waals surface area (Å²) in [6.07, 6.45) is 0. The molecule has 1 N–H and O–H groups in total. The molecule has 20 heavy (non-hydrogen) atoms. The molecule has 2 rings (SSSR count). The molecule has 0 aromatic heterocycles. The van der Waals surface area contributed by atoms with Gasteiger partial charge in [0.15, 0.2) is 0 Å². The Morgan fingerprint density at radius 3 is 2.40 bits per heavy atom. The number of nitrogens with zero attached hydrogens (tertiary/aromatic N) is 1. The quantitative estimate of drug-likeness (QED) is 0.909. The Labute approximate surface area is 122 Å². The molecule has 2 atom stereocenters. The van der Waals surface area contributed by atoms with E-state index in [9.17, 15) is 4.39 Å². The third kappa shape index (κ3) is 3.32. The number of benzene rings is 1. The maximum Gasteiger partial charge on any atom is 0.125 e. The summed E-state index contributed by atoms with van der Waals surface area (Å²) in [5.74, 6) is 0.988. The lowest BCUT2D eigenvalue weighted by Gasteiger charge is -2.45. The molecule has 1 aliphatic rings. The fourth-order valence-corrected chi connectivity index (χ4v) is 3.02. The first-order valence-electron chi connectivity index (χ1n) is 7.65. The van der Waals surface area contributed by atoms with Crippen LogP contribution in [0.1, 0.15) is 33.3 Å². The highest BCUT2D eigenvalue weighted by atomic mass is 19.1. The van der Waals surface area contributed by atoms with Crippen molar-refractivity contribution in [3.8, 4) is 0 Å². The van der Waals surface area contributed by atoms with Gasteiger partial charge in [-0.1, -0.05) is 27.7 Å². The SMILES string of the molecule is Cc1cc(F)cc(N2CC(C(C)C)NCC2C(C)C)c1. The summed E-state index contributed by atoms with van der Waals surface area (Å²) in [7, 11) is 0. The van der Waals surface area contributed by atoms with Gasteiger partial charge in [-0.15, -0.1) is 0 Å². The minimum atomic E-state index is -0.137. The van der Waals surface area contributed by atoms with Crippen LogP contribution in [-0.2, 0) is 0 Å². The molecule has 1 aromatic rings. The Morgan fingerprint density at radius 2 is 1.85 bits per heavy atom. The van der Waals surface area contributed by atoms with Gasteiger partial charge in [-0.3, -0.25) is 0 Å². The van der Waals surface area contributed by atoms with Crippen LogP contribution in [0.3, 0.4) is 0 Å². The topological polar surface area (TPSA) is 15.3 Å². The predicted octanol–water partition coefficient (Wildman–Crippen LogP) is 3.59. The largest absolute Gasteiger partial charge is 0.365 e. The Bertz CT molecular complexity index is 436. The molecule has 1 aromatic carbocycles. The third-order valence-corrected chi connectivity index (χ3v) is 4.32. The van der Waals surface area contributed by atoms with Gasteiger partial charge in [0.05, 0.1) is 0 Å². The van der Waals surface area contributed by atoms with E-state index < -0.39 is 0 Å². The van der Waals surface area contributed by atoms with Gasteiger partial charge in [-0.25, -0.2) is 4.39 Å². The summed E-state index contributed by atoms with van der Waals surface area (Å²) in [6.45, 7) is 12.8. The van der Waals surface area contributed by atoms with E-state index in [-0.39, 0.29) is 5.82 Å². The van der Waals surface area contributed by atoms with Crippen LogP contribution in [0.2, 0.25) is 0 Å².